The van der Waals surface area contributed by atoms with Gasteiger partial charge in [0.05, 0.1) is 12.0 Å². The molecule has 1 saturated carbocycles. The molecular weight excluding hydrogens is 190 g/mol. The molecular formula is C8H12BrN. The Hall–Kier alpha value is -0.0300. The smallest absolute Gasteiger partial charge is 0.0667 e. The summed E-state index contributed by atoms with van der Waals surface area (Å²) in [5.41, 5.74) is 0. The van der Waals surface area contributed by atoms with Crippen molar-refractivity contribution in [3.05, 3.63) is 0 Å². The Morgan fingerprint density at radius 1 is 1.50 bits per heavy atom. The number of nitriles is 1. The van der Waals surface area contributed by atoms with E-state index in [1.807, 2.05) is 0 Å². The van der Waals surface area contributed by atoms with Crippen molar-refractivity contribution in [1.29, 1.82) is 5.26 Å². The van der Waals surface area contributed by atoms with Crippen molar-refractivity contribution in [2.45, 2.75) is 31.0 Å². The molecule has 1 aliphatic rings. The molecule has 1 aliphatic carbocycles. The van der Waals surface area contributed by atoms with Crippen molar-refractivity contribution >= 4 is 15.9 Å². The van der Waals surface area contributed by atoms with Crippen LogP contribution in [0.4, 0.5) is 0 Å². The van der Waals surface area contributed by atoms with Gasteiger partial charge in [-0.2, -0.15) is 5.26 Å². The van der Waals surface area contributed by atoms with Crippen LogP contribution in [0.15, 0.2) is 0 Å². The standard InChI is InChI=1S/C8H12BrN/c1-6-2-3-7(5-10)8(9)4-6/h6-8H,2-4H2,1H3/t6-,7?,8?/m1/s1. The third-order valence-corrected chi connectivity index (χ3v) is 3.21. The van der Waals surface area contributed by atoms with Gasteiger partial charge in [-0.15, -0.1) is 0 Å². The monoisotopic (exact) mass is 201 g/mol. The summed E-state index contributed by atoms with van der Waals surface area (Å²) in [6, 6.07) is 2.33. The van der Waals surface area contributed by atoms with E-state index in [4.69, 9.17) is 5.26 Å². The van der Waals surface area contributed by atoms with Crippen LogP contribution >= 0.6 is 15.9 Å². The van der Waals surface area contributed by atoms with Crippen LogP contribution in [0.5, 0.6) is 0 Å². The van der Waals surface area contributed by atoms with Gasteiger partial charge in [-0.3, -0.25) is 0 Å². The van der Waals surface area contributed by atoms with E-state index < -0.39 is 0 Å². The molecule has 10 heavy (non-hydrogen) atoms. The van der Waals surface area contributed by atoms with Crippen LogP contribution < -0.4 is 0 Å². The normalized spacial score (nSPS) is 40.7. The lowest BCUT2D eigenvalue weighted by atomic mass is 9.84. The van der Waals surface area contributed by atoms with Gasteiger partial charge < -0.3 is 0 Å². The number of hydrogen-bond acceptors (Lipinski definition) is 1. The predicted octanol–water partition coefficient (Wildman–Crippen LogP) is 2.71. The van der Waals surface area contributed by atoms with Crippen LogP contribution in [-0.2, 0) is 0 Å². The first-order valence-corrected chi connectivity index (χ1v) is 4.69. The van der Waals surface area contributed by atoms with Crippen molar-refractivity contribution < 1.29 is 0 Å². The average molecular weight is 202 g/mol. The molecule has 0 aromatic heterocycles. The SMILES string of the molecule is C[C@@H]1CCC(C#N)C(Br)C1. The molecule has 0 bridgehead atoms. The second-order valence-electron chi connectivity index (χ2n) is 3.17. The fourth-order valence-electron chi connectivity index (χ4n) is 1.46. The molecule has 0 aromatic carbocycles. The Labute approximate surface area is 70.5 Å². The Balaban J connectivity index is 2.45. The van der Waals surface area contributed by atoms with Crippen molar-refractivity contribution in [1.82, 2.24) is 0 Å². The van der Waals surface area contributed by atoms with Gasteiger partial charge in [0.25, 0.3) is 0 Å². The van der Waals surface area contributed by atoms with Crippen LogP contribution in [0.3, 0.4) is 0 Å². The van der Waals surface area contributed by atoms with E-state index in [1.54, 1.807) is 0 Å². The van der Waals surface area contributed by atoms with Crippen molar-refractivity contribution in [3.8, 4) is 6.07 Å². The lowest BCUT2D eigenvalue weighted by Gasteiger charge is -2.26. The highest BCUT2D eigenvalue weighted by molar-refractivity contribution is 9.09. The topological polar surface area (TPSA) is 23.8 Å². The Morgan fingerprint density at radius 3 is 2.70 bits per heavy atom. The molecule has 0 aromatic rings. The molecule has 2 unspecified atom stereocenters. The van der Waals surface area contributed by atoms with Crippen LogP contribution in [-0.4, -0.2) is 4.83 Å². The molecule has 0 spiro atoms. The molecule has 0 heterocycles. The second kappa shape index (κ2) is 3.39. The maximum atomic E-state index is 8.67. The zero-order valence-electron chi connectivity index (χ0n) is 6.18. The van der Waals surface area contributed by atoms with E-state index in [1.165, 1.54) is 6.42 Å². The molecule has 0 aliphatic heterocycles. The number of hydrogen-bond donors (Lipinski definition) is 0. The quantitative estimate of drug-likeness (QED) is 0.554. The van der Waals surface area contributed by atoms with Gasteiger partial charge in [0.1, 0.15) is 0 Å². The molecule has 0 saturated heterocycles. The van der Waals surface area contributed by atoms with E-state index in [0.717, 1.165) is 18.8 Å². The summed E-state index contributed by atoms with van der Waals surface area (Å²) in [6.45, 7) is 2.25. The van der Waals surface area contributed by atoms with E-state index >= 15 is 0 Å². The van der Waals surface area contributed by atoms with E-state index in [9.17, 15) is 0 Å². The minimum atomic E-state index is 0.260. The first-order chi connectivity index (χ1) is 4.74. The molecule has 1 nitrogen and oxygen atoms in total. The highest BCUT2D eigenvalue weighted by atomic mass is 79.9. The molecule has 0 N–H and O–H groups in total. The zero-order chi connectivity index (χ0) is 7.56. The number of halogens is 1. The van der Waals surface area contributed by atoms with E-state index in [0.29, 0.717) is 4.83 Å². The first kappa shape index (κ1) is 8.07. The summed E-state index contributed by atoms with van der Waals surface area (Å²) in [6.07, 6.45) is 3.46. The molecule has 1 rings (SSSR count). The molecule has 0 radical (unpaired) electrons. The fraction of sp³-hybridized carbons (Fsp3) is 0.875. The Kier molecular flexibility index (Phi) is 2.73. The van der Waals surface area contributed by atoms with Gasteiger partial charge in [0, 0.05) is 4.83 Å². The summed E-state index contributed by atoms with van der Waals surface area (Å²) in [4.78, 5) is 0.446. The maximum Gasteiger partial charge on any atom is 0.0667 e. The highest BCUT2D eigenvalue weighted by Gasteiger charge is 2.25. The first-order valence-electron chi connectivity index (χ1n) is 3.77. The van der Waals surface area contributed by atoms with Crippen molar-refractivity contribution in [2.24, 2.45) is 11.8 Å². The summed E-state index contributed by atoms with van der Waals surface area (Å²) in [7, 11) is 0. The minimum Gasteiger partial charge on any atom is -0.198 e. The third kappa shape index (κ3) is 1.73. The van der Waals surface area contributed by atoms with E-state index in [-0.39, 0.29) is 5.92 Å². The van der Waals surface area contributed by atoms with Gasteiger partial charge in [-0.1, -0.05) is 22.9 Å². The van der Waals surface area contributed by atoms with Crippen molar-refractivity contribution in [2.75, 3.05) is 0 Å². The number of rotatable bonds is 0. The van der Waals surface area contributed by atoms with E-state index in [2.05, 4.69) is 28.9 Å². The Morgan fingerprint density at radius 2 is 2.20 bits per heavy atom. The summed E-state index contributed by atoms with van der Waals surface area (Å²) in [5.74, 6) is 1.06. The van der Waals surface area contributed by atoms with Gasteiger partial charge in [-0.25, -0.2) is 0 Å². The zero-order valence-corrected chi connectivity index (χ0v) is 7.76. The predicted molar refractivity (Wildman–Crippen MR) is 44.8 cm³/mol. The molecule has 2 heteroatoms. The van der Waals surface area contributed by atoms with Gasteiger partial charge >= 0.3 is 0 Å². The van der Waals surface area contributed by atoms with Crippen LogP contribution in [0.1, 0.15) is 26.2 Å². The lowest BCUT2D eigenvalue weighted by Crippen LogP contribution is -2.22. The van der Waals surface area contributed by atoms with Crippen LogP contribution in [0.25, 0.3) is 0 Å². The molecule has 56 valence electrons. The number of nitrogens with zero attached hydrogens (tertiary/aromatic N) is 1. The minimum absolute atomic E-state index is 0.260. The van der Waals surface area contributed by atoms with Gasteiger partial charge in [0.15, 0.2) is 0 Å². The largest absolute Gasteiger partial charge is 0.198 e. The summed E-state index contributed by atoms with van der Waals surface area (Å²) < 4.78 is 0. The van der Waals surface area contributed by atoms with Gasteiger partial charge in [0.2, 0.25) is 0 Å². The average Bonchev–Trinajstić information content (AvgIpc) is 1.88. The molecule has 1 fully saturated rings. The highest BCUT2D eigenvalue weighted by Crippen LogP contribution is 2.32. The van der Waals surface area contributed by atoms with Crippen molar-refractivity contribution in [3.63, 3.8) is 0 Å². The fourth-order valence-corrected chi connectivity index (χ4v) is 2.48. The Bertz CT molecular complexity index is 150. The second-order valence-corrected chi connectivity index (χ2v) is 4.35. The molecule has 3 atom stereocenters. The summed E-state index contributed by atoms with van der Waals surface area (Å²) >= 11 is 3.53. The van der Waals surface area contributed by atoms with Gasteiger partial charge in [-0.05, 0) is 25.2 Å². The number of alkyl halides is 1. The summed E-state index contributed by atoms with van der Waals surface area (Å²) in [5, 5.41) is 8.67. The van der Waals surface area contributed by atoms with Crippen LogP contribution in [0, 0.1) is 23.2 Å². The third-order valence-electron chi connectivity index (χ3n) is 2.20. The maximum absolute atomic E-state index is 8.67. The van der Waals surface area contributed by atoms with Crippen LogP contribution in [0.2, 0.25) is 0 Å². The lowest BCUT2D eigenvalue weighted by molar-refractivity contribution is 0.349. The molecule has 0 amide bonds.